The summed E-state index contributed by atoms with van der Waals surface area (Å²) in [5, 5.41) is 3.38. The molecule has 0 bridgehead atoms. The molecule has 0 radical (unpaired) electrons. The summed E-state index contributed by atoms with van der Waals surface area (Å²) in [4.78, 5) is 38.2. The zero-order valence-electron chi connectivity index (χ0n) is 17.4. The molecular formula is C24H20N2O5S. The number of rotatable bonds is 4. The topological polar surface area (TPSA) is 109 Å². The molecule has 1 aliphatic rings. The van der Waals surface area contributed by atoms with Crippen LogP contribution in [0.3, 0.4) is 0 Å². The molecule has 0 aromatic heterocycles. The van der Waals surface area contributed by atoms with E-state index in [0.717, 1.165) is 11.1 Å². The molecule has 8 heteroatoms. The summed E-state index contributed by atoms with van der Waals surface area (Å²) in [7, 11) is -4.22. The molecule has 32 heavy (non-hydrogen) atoms. The zero-order valence-corrected chi connectivity index (χ0v) is 18.2. The first-order valence-electron chi connectivity index (χ1n) is 9.84. The van der Waals surface area contributed by atoms with Crippen molar-refractivity contribution in [2.45, 2.75) is 24.0 Å². The Labute approximate surface area is 185 Å². The molecule has 3 aromatic carbocycles. The van der Waals surface area contributed by atoms with E-state index in [4.69, 9.17) is 0 Å². The number of benzene rings is 3. The fourth-order valence-corrected chi connectivity index (χ4v) is 5.30. The second-order valence-corrected chi connectivity index (χ2v) is 9.72. The summed E-state index contributed by atoms with van der Waals surface area (Å²) in [6.07, 6.45) is 0. The van der Waals surface area contributed by atoms with Crippen molar-refractivity contribution >= 4 is 38.8 Å². The van der Waals surface area contributed by atoms with E-state index in [-0.39, 0.29) is 21.7 Å². The Balaban J connectivity index is 1.63. The van der Waals surface area contributed by atoms with Gasteiger partial charge in [-0.05, 0) is 67.4 Å². The molecule has 2 N–H and O–H groups in total. The summed E-state index contributed by atoms with van der Waals surface area (Å²) in [6, 6.07) is 17.2. The maximum absolute atomic E-state index is 13.0. The predicted octanol–water partition coefficient (Wildman–Crippen LogP) is 3.53. The Morgan fingerprint density at radius 3 is 2.22 bits per heavy atom. The first kappa shape index (κ1) is 21.5. The average molecular weight is 449 g/mol. The Morgan fingerprint density at radius 1 is 0.906 bits per heavy atom. The third-order valence-corrected chi connectivity index (χ3v) is 7.12. The molecule has 1 unspecified atom stereocenters. The normalized spacial score (nSPS) is 15.6. The van der Waals surface area contributed by atoms with Gasteiger partial charge in [-0.15, -0.1) is 0 Å². The fraction of sp³-hybridized carbons (Fsp3) is 0.125. The monoisotopic (exact) mass is 448 g/mol. The summed E-state index contributed by atoms with van der Waals surface area (Å²) < 4.78 is 25.8. The molecule has 3 aromatic rings. The highest BCUT2D eigenvalue weighted by atomic mass is 32.2. The summed E-state index contributed by atoms with van der Waals surface area (Å²) in [5.41, 5.74) is 2.98. The van der Waals surface area contributed by atoms with E-state index < -0.39 is 32.7 Å². The minimum absolute atomic E-state index is 0.0389. The maximum Gasteiger partial charge on any atom is 0.255 e. The van der Waals surface area contributed by atoms with Crippen LogP contribution in [0, 0.1) is 13.8 Å². The van der Waals surface area contributed by atoms with Crippen LogP contribution in [0.4, 0.5) is 11.4 Å². The number of carbonyl (C=O) groups excluding carboxylic acids is 3. The number of hydrogen-bond acceptors (Lipinski definition) is 5. The van der Waals surface area contributed by atoms with Gasteiger partial charge in [-0.3, -0.25) is 14.4 Å². The minimum atomic E-state index is -4.22. The number of aryl methyl sites for hydroxylation is 2. The van der Waals surface area contributed by atoms with Crippen LogP contribution < -0.4 is 10.6 Å². The van der Waals surface area contributed by atoms with Gasteiger partial charge in [0.2, 0.25) is 5.25 Å². The SMILES string of the molecule is Cc1cc(C)cc(NC(=O)c2ccc3c(c2)NC(=O)C(S(=O)(=O)c2ccccc2)C3=O)c1. The predicted molar refractivity (Wildman–Crippen MR) is 121 cm³/mol. The van der Waals surface area contributed by atoms with Crippen molar-refractivity contribution in [1.82, 2.24) is 0 Å². The van der Waals surface area contributed by atoms with Crippen LogP contribution in [-0.4, -0.2) is 31.3 Å². The van der Waals surface area contributed by atoms with Gasteiger partial charge in [0.1, 0.15) is 0 Å². The van der Waals surface area contributed by atoms with Gasteiger partial charge in [-0.25, -0.2) is 8.42 Å². The van der Waals surface area contributed by atoms with Crippen LogP contribution in [0.25, 0.3) is 0 Å². The number of carbonyl (C=O) groups is 3. The van der Waals surface area contributed by atoms with Crippen LogP contribution in [0.15, 0.2) is 71.6 Å². The molecule has 0 saturated carbocycles. The van der Waals surface area contributed by atoms with E-state index in [1.165, 1.54) is 42.5 Å². The van der Waals surface area contributed by atoms with Crippen LogP contribution in [-0.2, 0) is 14.6 Å². The van der Waals surface area contributed by atoms with E-state index in [1.807, 2.05) is 32.0 Å². The summed E-state index contributed by atoms with van der Waals surface area (Å²) >= 11 is 0. The molecule has 0 fully saturated rings. The highest BCUT2D eigenvalue weighted by Gasteiger charge is 2.44. The van der Waals surface area contributed by atoms with E-state index >= 15 is 0 Å². The number of ketones is 1. The van der Waals surface area contributed by atoms with Crippen LogP contribution in [0.1, 0.15) is 31.8 Å². The van der Waals surface area contributed by atoms with Crippen molar-refractivity contribution in [2.24, 2.45) is 0 Å². The average Bonchev–Trinajstić information content (AvgIpc) is 2.73. The molecule has 2 amide bonds. The van der Waals surface area contributed by atoms with Crippen molar-refractivity contribution in [3.05, 3.63) is 89.0 Å². The molecule has 7 nitrogen and oxygen atoms in total. The standard InChI is InChI=1S/C24H20N2O5S/c1-14-10-15(2)12-17(11-14)25-23(28)16-8-9-19-20(13-16)26-24(29)22(21(19)27)32(30,31)18-6-4-3-5-7-18/h3-13,22H,1-2H3,(H,25,28)(H,26,29). The highest BCUT2D eigenvalue weighted by Crippen LogP contribution is 2.30. The van der Waals surface area contributed by atoms with Crippen molar-refractivity contribution < 1.29 is 22.8 Å². The Morgan fingerprint density at radius 2 is 1.56 bits per heavy atom. The Hall–Kier alpha value is -3.78. The second kappa shape index (κ2) is 8.05. The maximum atomic E-state index is 13.0. The summed E-state index contributed by atoms with van der Waals surface area (Å²) in [5.74, 6) is -2.19. The molecule has 0 aliphatic carbocycles. The van der Waals surface area contributed by atoms with Gasteiger partial charge < -0.3 is 10.6 Å². The molecule has 1 heterocycles. The van der Waals surface area contributed by atoms with Crippen LogP contribution in [0.2, 0.25) is 0 Å². The number of hydrogen-bond donors (Lipinski definition) is 2. The van der Waals surface area contributed by atoms with Crippen LogP contribution in [0.5, 0.6) is 0 Å². The molecule has 0 saturated heterocycles. The number of fused-ring (bicyclic) bond motifs is 1. The third kappa shape index (κ3) is 3.92. The van der Waals surface area contributed by atoms with Gasteiger partial charge in [0.05, 0.1) is 10.6 Å². The highest BCUT2D eigenvalue weighted by molar-refractivity contribution is 7.93. The van der Waals surface area contributed by atoms with Gasteiger partial charge in [-0.1, -0.05) is 24.3 Å². The minimum Gasteiger partial charge on any atom is -0.324 e. The molecule has 1 aliphatic heterocycles. The Bertz CT molecular complexity index is 1340. The van der Waals surface area contributed by atoms with E-state index in [0.29, 0.717) is 5.69 Å². The number of sulfone groups is 1. The second-order valence-electron chi connectivity index (χ2n) is 7.68. The van der Waals surface area contributed by atoms with Gasteiger partial charge in [0.15, 0.2) is 15.6 Å². The van der Waals surface area contributed by atoms with Crippen LogP contribution >= 0.6 is 0 Å². The van der Waals surface area contributed by atoms with E-state index in [9.17, 15) is 22.8 Å². The van der Waals surface area contributed by atoms with Crippen molar-refractivity contribution in [2.75, 3.05) is 10.6 Å². The number of Topliss-reactive ketones (excluding diaryl/α,β-unsaturated/α-hetero) is 1. The van der Waals surface area contributed by atoms with Gasteiger partial charge in [0.25, 0.3) is 11.8 Å². The van der Waals surface area contributed by atoms with Crippen molar-refractivity contribution in [3.63, 3.8) is 0 Å². The number of anilines is 2. The van der Waals surface area contributed by atoms with E-state index in [1.54, 1.807) is 6.07 Å². The summed E-state index contributed by atoms with van der Waals surface area (Å²) in [6.45, 7) is 3.84. The van der Waals surface area contributed by atoms with Crippen molar-refractivity contribution in [3.8, 4) is 0 Å². The van der Waals surface area contributed by atoms with Gasteiger partial charge >= 0.3 is 0 Å². The Kier molecular flexibility index (Phi) is 5.40. The lowest BCUT2D eigenvalue weighted by Crippen LogP contribution is -2.45. The van der Waals surface area contributed by atoms with Gasteiger partial charge in [0, 0.05) is 16.8 Å². The van der Waals surface area contributed by atoms with Crippen molar-refractivity contribution in [1.29, 1.82) is 0 Å². The molecular weight excluding hydrogens is 428 g/mol. The van der Waals surface area contributed by atoms with E-state index in [2.05, 4.69) is 10.6 Å². The smallest absolute Gasteiger partial charge is 0.255 e. The number of amides is 2. The quantitative estimate of drug-likeness (QED) is 0.594. The first-order valence-corrected chi connectivity index (χ1v) is 11.4. The lowest BCUT2D eigenvalue weighted by molar-refractivity contribution is -0.115. The zero-order chi connectivity index (χ0) is 23.0. The lowest BCUT2D eigenvalue weighted by atomic mass is 9.99. The lowest BCUT2D eigenvalue weighted by Gasteiger charge is -2.24. The largest absolute Gasteiger partial charge is 0.324 e. The number of nitrogens with one attached hydrogen (secondary N) is 2. The molecule has 1 atom stereocenters. The van der Waals surface area contributed by atoms with Gasteiger partial charge in [-0.2, -0.15) is 0 Å². The fourth-order valence-electron chi connectivity index (χ4n) is 3.74. The molecule has 162 valence electrons. The molecule has 4 rings (SSSR count). The third-order valence-electron chi connectivity index (χ3n) is 5.14. The first-order chi connectivity index (χ1) is 15.2. The molecule has 0 spiro atoms.